The summed E-state index contributed by atoms with van der Waals surface area (Å²) in [4.78, 5) is 4.56. The first-order valence-corrected chi connectivity index (χ1v) is 23.3. The Bertz CT molecular complexity index is 2800. The van der Waals surface area contributed by atoms with Crippen molar-refractivity contribution in [3.8, 4) is 22.3 Å². The first kappa shape index (κ1) is 49.9. The van der Waals surface area contributed by atoms with E-state index in [0.717, 1.165) is 43.5 Å². The Labute approximate surface area is 414 Å². The summed E-state index contributed by atoms with van der Waals surface area (Å²) in [5.41, 5.74) is 20.5. The third-order valence-corrected chi connectivity index (χ3v) is 12.1. The maximum Gasteiger partial charge on any atom is 0.0490 e. The van der Waals surface area contributed by atoms with Crippen molar-refractivity contribution in [1.29, 1.82) is 0 Å². The average molecular weight is 939 g/mol. The van der Waals surface area contributed by atoms with Gasteiger partial charge >= 0.3 is 0 Å². The molecule has 0 atom stereocenters. The van der Waals surface area contributed by atoms with Gasteiger partial charge in [-0.3, -0.25) is 0 Å². The minimum Gasteiger partial charge on any atom is -0.310 e. The highest BCUT2D eigenvalue weighted by molar-refractivity contribution is 6.31. The van der Waals surface area contributed by atoms with Crippen LogP contribution in [0.15, 0.2) is 206 Å². The van der Waals surface area contributed by atoms with E-state index in [1.54, 1.807) is 0 Å². The van der Waals surface area contributed by atoms with E-state index in [1.807, 2.05) is 79.7 Å². The lowest BCUT2D eigenvalue weighted by atomic mass is 10.0. The quantitative estimate of drug-likeness (QED) is 0.150. The molecule has 0 aliphatic rings. The maximum atomic E-state index is 6.05. The van der Waals surface area contributed by atoms with Gasteiger partial charge in [0.05, 0.1) is 0 Å². The van der Waals surface area contributed by atoms with E-state index in [4.69, 9.17) is 34.8 Å². The van der Waals surface area contributed by atoms with E-state index in [-0.39, 0.29) is 7.43 Å². The monoisotopic (exact) mass is 936 g/mol. The van der Waals surface area contributed by atoms with Gasteiger partial charge in [-0.1, -0.05) is 179 Å². The normalized spacial score (nSPS) is 10.4. The molecular weight excluding hydrogens is 879 g/mol. The molecule has 0 aliphatic carbocycles. The fraction of sp³-hybridized carbons (Fsp3) is 0.129. The molecule has 0 saturated carbocycles. The molecule has 9 aromatic rings. The van der Waals surface area contributed by atoms with Crippen LogP contribution in [0.25, 0.3) is 22.3 Å². The van der Waals surface area contributed by atoms with Crippen LogP contribution in [-0.2, 0) is 0 Å². The summed E-state index contributed by atoms with van der Waals surface area (Å²) < 4.78 is 0. The van der Waals surface area contributed by atoms with Crippen LogP contribution in [0.1, 0.15) is 46.4 Å². The van der Waals surface area contributed by atoms with Crippen molar-refractivity contribution in [1.82, 2.24) is 0 Å². The molecule has 0 fully saturated rings. The number of hydrogen-bond acceptors (Lipinski definition) is 2. The van der Waals surface area contributed by atoms with E-state index < -0.39 is 0 Å². The van der Waals surface area contributed by atoms with Gasteiger partial charge in [-0.05, 0) is 179 Å². The van der Waals surface area contributed by atoms with Crippen LogP contribution in [0.4, 0.5) is 34.1 Å². The van der Waals surface area contributed by atoms with Crippen molar-refractivity contribution in [3.05, 3.63) is 260 Å². The van der Waals surface area contributed by atoms with Crippen molar-refractivity contribution in [2.75, 3.05) is 9.80 Å². The third-order valence-electron chi connectivity index (χ3n) is 11.4. The van der Waals surface area contributed by atoms with E-state index in [2.05, 4.69) is 185 Å². The van der Waals surface area contributed by atoms with Crippen molar-refractivity contribution in [2.24, 2.45) is 0 Å². The summed E-state index contributed by atoms with van der Waals surface area (Å²) in [5, 5.41) is 2.26. The number of anilines is 6. The Morgan fingerprint density at radius 3 is 0.716 bits per heavy atom. The molecule has 0 spiro atoms. The van der Waals surface area contributed by atoms with Crippen LogP contribution in [0.5, 0.6) is 0 Å². The number of benzene rings is 9. The highest BCUT2D eigenvalue weighted by Crippen LogP contribution is 2.40. The lowest BCUT2D eigenvalue weighted by Gasteiger charge is -2.27. The fourth-order valence-electron chi connectivity index (χ4n) is 7.78. The Hall–Kier alpha value is -6.55. The minimum atomic E-state index is 0. The van der Waals surface area contributed by atoms with Crippen LogP contribution in [0, 0.1) is 48.5 Å². The molecule has 0 radical (unpaired) electrons. The standard InChI is InChI=1S/C34H31N.C20H17Cl2N.C7H7Cl.CH4/c1-24-5-10-28(11-6-24)30-14-18-32(19-15-30)35(34-22-9-26(3)23-27(34)4)33-20-16-31(17-21-33)29-12-7-25(2)8-13-29;1-14-3-12-20(15(2)13-14)23(18-8-4-16(21)5-9-18)19-10-6-17(22)7-11-19;1-6-2-4-7(8)5-3-6;/h5-23H,1-4H3;3-13H,1-2H3;2-5H,1H3;1H4. The van der Waals surface area contributed by atoms with Crippen molar-refractivity contribution in [3.63, 3.8) is 0 Å². The highest BCUT2D eigenvalue weighted by Gasteiger charge is 2.17. The van der Waals surface area contributed by atoms with Crippen molar-refractivity contribution < 1.29 is 0 Å². The zero-order valence-electron chi connectivity index (χ0n) is 38.7. The second kappa shape index (κ2) is 23.3. The molecule has 0 amide bonds. The van der Waals surface area contributed by atoms with Gasteiger partial charge in [0.2, 0.25) is 0 Å². The number of aryl methyl sites for hydroxylation is 7. The van der Waals surface area contributed by atoms with E-state index in [9.17, 15) is 0 Å². The van der Waals surface area contributed by atoms with Crippen molar-refractivity contribution >= 4 is 68.9 Å². The fourth-order valence-corrected chi connectivity index (χ4v) is 8.16. The molecule has 0 bridgehead atoms. The van der Waals surface area contributed by atoms with Gasteiger partial charge < -0.3 is 9.80 Å². The highest BCUT2D eigenvalue weighted by atomic mass is 35.5. The first-order chi connectivity index (χ1) is 31.8. The summed E-state index contributed by atoms with van der Waals surface area (Å²) in [6.45, 7) is 14.9. The molecule has 338 valence electrons. The summed E-state index contributed by atoms with van der Waals surface area (Å²) in [5.74, 6) is 0. The Balaban J connectivity index is 0.000000198. The molecule has 0 aliphatic heterocycles. The lowest BCUT2D eigenvalue weighted by molar-refractivity contribution is 1.24. The van der Waals surface area contributed by atoms with Crippen molar-refractivity contribution in [2.45, 2.75) is 55.9 Å². The topological polar surface area (TPSA) is 6.48 Å². The Morgan fingerprint density at radius 1 is 0.254 bits per heavy atom. The molecule has 0 saturated heterocycles. The Morgan fingerprint density at radius 2 is 0.463 bits per heavy atom. The smallest absolute Gasteiger partial charge is 0.0490 e. The molecule has 5 heteroatoms. The van der Waals surface area contributed by atoms with Crippen LogP contribution in [-0.4, -0.2) is 0 Å². The molecule has 0 heterocycles. The predicted octanol–water partition coefficient (Wildman–Crippen LogP) is 20.1. The van der Waals surface area contributed by atoms with Gasteiger partial charge in [0.15, 0.2) is 0 Å². The second-order valence-electron chi connectivity index (χ2n) is 16.8. The van der Waals surface area contributed by atoms with Gasteiger partial charge in [0.1, 0.15) is 0 Å². The number of nitrogens with zero attached hydrogens (tertiary/aromatic N) is 2. The maximum absolute atomic E-state index is 6.05. The van der Waals surface area contributed by atoms with E-state index in [0.29, 0.717) is 0 Å². The molecule has 9 rings (SSSR count). The number of rotatable bonds is 8. The summed E-state index contributed by atoms with van der Waals surface area (Å²) >= 11 is 17.7. The molecule has 0 unspecified atom stereocenters. The molecular formula is C62H59Cl3N2. The summed E-state index contributed by atoms with van der Waals surface area (Å²) in [7, 11) is 0. The predicted molar refractivity (Wildman–Crippen MR) is 294 cm³/mol. The minimum absolute atomic E-state index is 0. The first-order valence-electron chi connectivity index (χ1n) is 22.1. The van der Waals surface area contributed by atoms with Gasteiger partial charge in [0, 0.05) is 49.2 Å². The van der Waals surface area contributed by atoms with Gasteiger partial charge in [-0.15, -0.1) is 0 Å². The van der Waals surface area contributed by atoms with Crippen LogP contribution >= 0.6 is 34.8 Å². The van der Waals surface area contributed by atoms with E-state index >= 15 is 0 Å². The second-order valence-corrected chi connectivity index (χ2v) is 18.1. The number of halogens is 3. The SMILES string of the molecule is C.Cc1ccc(-c2ccc(N(c3ccc(-c4ccc(C)cc4)cc3)c3ccc(C)cc3C)cc2)cc1.Cc1ccc(Cl)cc1.Cc1ccc(N(c2ccc(Cl)cc2)c2ccc(Cl)cc2)c(C)c1. The largest absolute Gasteiger partial charge is 0.310 e. The van der Waals surface area contributed by atoms with Gasteiger partial charge in [-0.25, -0.2) is 0 Å². The lowest BCUT2D eigenvalue weighted by Crippen LogP contribution is -2.11. The average Bonchev–Trinajstić information content (AvgIpc) is 3.31. The third kappa shape index (κ3) is 13.3. The zero-order valence-corrected chi connectivity index (χ0v) is 40.9. The summed E-state index contributed by atoms with van der Waals surface area (Å²) in [6.07, 6.45) is 0. The molecule has 67 heavy (non-hydrogen) atoms. The van der Waals surface area contributed by atoms with Crippen LogP contribution in [0.3, 0.4) is 0 Å². The van der Waals surface area contributed by atoms with Crippen LogP contribution < -0.4 is 9.80 Å². The number of hydrogen-bond donors (Lipinski definition) is 0. The van der Waals surface area contributed by atoms with Crippen LogP contribution in [0.2, 0.25) is 15.1 Å². The van der Waals surface area contributed by atoms with Gasteiger partial charge in [0.25, 0.3) is 0 Å². The zero-order chi connectivity index (χ0) is 46.7. The molecule has 9 aromatic carbocycles. The van der Waals surface area contributed by atoms with E-state index in [1.165, 1.54) is 66.9 Å². The molecule has 0 N–H and O–H groups in total. The summed E-state index contributed by atoms with van der Waals surface area (Å²) in [6, 6.07) is 71.8. The Kier molecular flexibility index (Phi) is 17.3. The van der Waals surface area contributed by atoms with Gasteiger partial charge in [-0.2, -0.15) is 0 Å². The molecule has 0 aromatic heterocycles. The molecule has 2 nitrogen and oxygen atoms in total.